The van der Waals surface area contributed by atoms with Gasteiger partial charge in [0.15, 0.2) is 0 Å². The van der Waals surface area contributed by atoms with Gasteiger partial charge in [0.2, 0.25) is 0 Å². The van der Waals surface area contributed by atoms with Crippen molar-refractivity contribution in [2.45, 2.75) is 46.5 Å². The first kappa shape index (κ1) is 13.1. The molecule has 18 heavy (non-hydrogen) atoms. The zero-order valence-corrected chi connectivity index (χ0v) is 11.6. The van der Waals surface area contributed by atoms with E-state index in [1.807, 2.05) is 19.9 Å². The Kier molecular flexibility index (Phi) is 3.74. The van der Waals surface area contributed by atoms with Crippen LogP contribution in [0.15, 0.2) is 18.2 Å². The van der Waals surface area contributed by atoms with Crippen LogP contribution in [0.3, 0.4) is 0 Å². The second kappa shape index (κ2) is 5.13. The molecule has 2 rings (SSSR count). The van der Waals surface area contributed by atoms with E-state index < -0.39 is 0 Å². The van der Waals surface area contributed by atoms with Crippen molar-refractivity contribution in [2.75, 3.05) is 6.61 Å². The van der Waals surface area contributed by atoms with E-state index in [0.29, 0.717) is 12.2 Å². The molecule has 1 heterocycles. The van der Waals surface area contributed by atoms with Gasteiger partial charge in [0.1, 0.15) is 11.5 Å². The van der Waals surface area contributed by atoms with Gasteiger partial charge in [-0.25, -0.2) is 0 Å². The standard InChI is InChI=1S/C16H22O2/c1-4-16(2,3)15(17)8-6-12-5-7-14-13(11-12)9-10-18-14/h5,7,11H,4,6,8-10H2,1-3H3. The lowest BCUT2D eigenvalue weighted by Gasteiger charge is -2.20. The molecule has 0 unspecified atom stereocenters. The van der Waals surface area contributed by atoms with Gasteiger partial charge in [-0.3, -0.25) is 4.79 Å². The molecule has 0 aromatic heterocycles. The number of ketones is 1. The summed E-state index contributed by atoms with van der Waals surface area (Å²) < 4.78 is 5.48. The van der Waals surface area contributed by atoms with Crippen LogP contribution in [0.5, 0.6) is 5.75 Å². The second-order valence-electron chi connectivity index (χ2n) is 5.70. The van der Waals surface area contributed by atoms with Crippen molar-refractivity contribution in [2.24, 2.45) is 5.41 Å². The van der Waals surface area contributed by atoms with Crippen LogP contribution in [0.1, 0.15) is 44.7 Å². The summed E-state index contributed by atoms with van der Waals surface area (Å²) in [5, 5.41) is 0. The minimum absolute atomic E-state index is 0.181. The Labute approximate surface area is 109 Å². The molecule has 0 saturated heterocycles. The van der Waals surface area contributed by atoms with E-state index in [-0.39, 0.29) is 5.41 Å². The highest BCUT2D eigenvalue weighted by molar-refractivity contribution is 5.84. The summed E-state index contributed by atoms with van der Waals surface area (Å²) in [4.78, 5) is 12.1. The molecular weight excluding hydrogens is 224 g/mol. The minimum Gasteiger partial charge on any atom is -0.493 e. The molecule has 0 fully saturated rings. The highest BCUT2D eigenvalue weighted by Gasteiger charge is 2.24. The predicted octanol–water partition coefficient (Wildman–Crippen LogP) is 3.56. The summed E-state index contributed by atoms with van der Waals surface area (Å²) >= 11 is 0. The molecule has 0 atom stereocenters. The van der Waals surface area contributed by atoms with Crippen molar-refractivity contribution >= 4 is 5.78 Å². The Morgan fingerprint density at radius 3 is 2.89 bits per heavy atom. The third kappa shape index (κ3) is 2.74. The van der Waals surface area contributed by atoms with Gasteiger partial charge in [-0.2, -0.15) is 0 Å². The maximum Gasteiger partial charge on any atom is 0.138 e. The summed E-state index contributed by atoms with van der Waals surface area (Å²) in [6.07, 6.45) is 3.39. The highest BCUT2D eigenvalue weighted by atomic mass is 16.5. The number of benzene rings is 1. The van der Waals surface area contributed by atoms with Gasteiger partial charge in [0, 0.05) is 18.3 Å². The molecule has 0 saturated carbocycles. The van der Waals surface area contributed by atoms with E-state index in [2.05, 4.69) is 19.1 Å². The molecule has 1 aromatic carbocycles. The van der Waals surface area contributed by atoms with Crippen molar-refractivity contribution < 1.29 is 9.53 Å². The quantitative estimate of drug-likeness (QED) is 0.794. The topological polar surface area (TPSA) is 26.3 Å². The molecule has 1 aliphatic heterocycles. The van der Waals surface area contributed by atoms with Crippen LogP contribution < -0.4 is 4.74 Å². The number of ether oxygens (including phenoxy) is 1. The number of Topliss-reactive ketones (excluding diaryl/α,β-unsaturated/α-hetero) is 1. The van der Waals surface area contributed by atoms with E-state index in [0.717, 1.165) is 31.6 Å². The van der Waals surface area contributed by atoms with E-state index in [4.69, 9.17) is 4.74 Å². The summed E-state index contributed by atoms with van der Waals surface area (Å²) in [7, 11) is 0. The predicted molar refractivity (Wildman–Crippen MR) is 73.0 cm³/mol. The molecule has 0 aliphatic carbocycles. The third-order valence-corrected chi connectivity index (χ3v) is 4.03. The molecule has 98 valence electrons. The van der Waals surface area contributed by atoms with Crippen molar-refractivity contribution in [3.63, 3.8) is 0 Å². The molecule has 0 radical (unpaired) electrons. The lowest BCUT2D eigenvalue weighted by Crippen LogP contribution is -2.23. The molecule has 0 bridgehead atoms. The highest BCUT2D eigenvalue weighted by Crippen LogP contribution is 2.27. The van der Waals surface area contributed by atoms with Crippen LogP contribution in [0.2, 0.25) is 0 Å². The molecule has 0 N–H and O–H groups in total. The fourth-order valence-electron chi connectivity index (χ4n) is 2.19. The van der Waals surface area contributed by atoms with Crippen LogP contribution in [0, 0.1) is 5.41 Å². The van der Waals surface area contributed by atoms with Gasteiger partial charge in [0.05, 0.1) is 6.61 Å². The van der Waals surface area contributed by atoms with E-state index in [9.17, 15) is 4.79 Å². The van der Waals surface area contributed by atoms with Gasteiger partial charge in [0.25, 0.3) is 0 Å². The summed E-state index contributed by atoms with van der Waals surface area (Å²) in [6, 6.07) is 6.30. The molecule has 2 heteroatoms. The Hall–Kier alpha value is -1.31. The fraction of sp³-hybridized carbons (Fsp3) is 0.562. The van der Waals surface area contributed by atoms with E-state index in [1.165, 1.54) is 11.1 Å². The average Bonchev–Trinajstić information content (AvgIpc) is 2.83. The number of carbonyl (C=O) groups excluding carboxylic acids is 1. The first-order valence-corrected chi connectivity index (χ1v) is 6.81. The maximum atomic E-state index is 12.1. The number of fused-ring (bicyclic) bond motifs is 1. The molecular formula is C16H22O2. The van der Waals surface area contributed by atoms with Crippen LogP contribution in [-0.4, -0.2) is 12.4 Å². The molecule has 0 amide bonds. The Morgan fingerprint density at radius 1 is 1.39 bits per heavy atom. The van der Waals surface area contributed by atoms with Crippen molar-refractivity contribution in [1.82, 2.24) is 0 Å². The zero-order chi connectivity index (χ0) is 13.2. The SMILES string of the molecule is CCC(C)(C)C(=O)CCc1ccc2c(c1)CCO2. The average molecular weight is 246 g/mol. The number of rotatable bonds is 5. The monoisotopic (exact) mass is 246 g/mol. The van der Waals surface area contributed by atoms with Crippen LogP contribution >= 0.6 is 0 Å². The maximum absolute atomic E-state index is 12.1. The summed E-state index contributed by atoms with van der Waals surface area (Å²) in [6.45, 7) is 6.93. The van der Waals surface area contributed by atoms with Gasteiger partial charge >= 0.3 is 0 Å². The van der Waals surface area contributed by atoms with Gasteiger partial charge < -0.3 is 4.74 Å². The van der Waals surface area contributed by atoms with Crippen LogP contribution in [0.4, 0.5) is 0 Å². The molecule has 1 aliphatic rings. The van der Waals surface area contributed by atoms with Gasteiger partial charge in [-0.15, -0.1) is 0 Å². The Morgan fingerprint density at radius 2 is 2.17 bits per heavy atom. The van der Waals surface area contributed by atoms with Gasteiger partial charge in [-0.1, -0.05) is 32.9 Å². The van der Waals surface area contributed by atoms with Crippen molar-refractivity contribution in [3.8, 4) is 5.75 Å². The Bertz CT molecular complexity index is 446. The van der Waals surface area contributed by atoms with E-state index in [1.54, 1.807) is 0 Å². The van der Waals surface area contributed by atoms with Crippen LogP contribution in [0.25, 0.3) is 0 Å². The summed E-state index contributed by atoms with van der Waals surface area (Å²) in [5.41, 5.74) is 2.36. The molecule has 1 aromatic rings. The minimum atomic E-state index is -0.181. The van der Waals surface area contributed by atoms with E-state index >= 15 is 0 Å². The largest absolute Gasteiger partial charge is 0.493 e. The second-order valence-corrected chi connectivity index (χ2v) is 5.70. The number of hydrogen-bond acceptors (Lipinski definition) is 2. The lowest BCUT2D eigenvalue weighted by atomic mass is 9.83. The first-order chi connectivity index (χ1) is 8.53. The lowest BCUT2D eigenvalue weighted by molar-refractivity contribution is -0.127. The number of carbonyl (C=O) groups is 1. The normalized spacial score (nSPS) is 14.2. The molecule has 0 spiro atoms. The van der Waals surface area contributed by atoms with Crippen molar-refractivity contribution in [1.29, 1.82) is 0 Å². The van der Waals surface area contributed by atoms with Crippen molar-refractivity contribution in [3.05, 3.63) is 29.3 Å². The molecule has 2 nitrogen and oxygen atoms in total. The third-order valence-electron chi connectivity index (χ3n) is 4.03. The first-order valence-electron chi connectivity index (χ1n) is 6.81. The van der Waals surface area contributed by atoms with Gasteiger partial charge in [-0.05, 0) is 30.0 Å². The smallest absolute Gasteiger partial charge is 0.138 e. The van der Waals surface area contributed by atoms with Crippen LogP contribution in [-0.2, 0) is 17.6 Å². The number of aryl methyl sites for hydroxylation is 1. The fourth-order valence-corrected chi connectivity index (χ4v) is 2.19. The summed E-state index contributed by atoms with van der Waals surface area (Å²) in [5.74, 6) is 1.38. The zero-order valence-electron chi connectivity index (χ0n) is 11.6. The number of hydrogen-bond donors (Lipinski definition) is 0. The Balaban J connectivity index is 1.97.